The topological polar surface area (TPSA) is 76.2 Å². The van der Waals surface area contributed by atoms with Crippen LogP contribution < -0.4 is 4.80 Å². The average molecular weight is 391 g/mol. The van der Waals surface area contributed by atoms with Gasteiger partial charge in [0.2, 0.25) is 5.88 Å². The molecule has 6 nitrogen and oxygen atoms in total. The highest BCUT2D eigenvalue weighted by atomic mass is 32.1. The lowest BCUT2D eigenvalue weighted by molar-refractivity contribution is 0.0601. The lowest BCUT2D eigenvalue weighted by Crippen LogP contribution is -2.08. The molecule has 140 valence electrons. The predicted molar refractivity (Wildman–Crippen MR) is 110 cm³/mol. The Labute approximate surface area is 165 Å². The summed E-state index contributed by atoms with van der Waals surface area (Å²) < 4.78 is 6.33. The van der Waals surface area contributed by atoms with Crippen LogP contribution in [0.2, 0.25) is 0 Å². The largest absolute Gasteiger partial charge is 0.493 e. The highest BCUT2D eigenvalue weighted by molar-refractivity contribution is 7.10. The third kappa shape index (κ3) is 3.27. The van der Waals surface area contributed by atoms with E-state index in [1.165, 1.54) is 18.4 Å². The lowest BCUT2D eigenvalue weighted by atomic mass is 10.1. The van der Waals surface area contributed by atoms with Crippen LogP contribution in [-0.2, 0) is 11.8 Å². The zero-order chi connectivity index (χ0) is 19.7. The Balaban J connectivity index is 1.70. The van der Waals surface area contributed by atoms with Gasteiger partial charge in [-0.05, 0) is 36.4 Å². The van der Waals surface area contributed by atoms with E-state index in [9.17, 15) is 9.90 Å². The van der Waals surface area contributed by atoms with Crippen molar-refractivity contribution in [3.63, 3.8) is 0 Å². The maximum absolute atomic E-state index is 11.5. The fourth-order valence-corrected chi connectivity index (χ4v) is 3.84. The van der Waals surface area contributed by atoms with Gasteiger partial charge in [0.05, 0.1) is 28.9 Å². The number of hydrogen-bond donors (Lipinski definition) is 1. The first-order valence-electron chi connectivity index (χ1n) is 8.54. The number of thiazole rings is 1. The maximum Gasteiger partial charge on any atom is 0.337 e. The van der Waals surface area contributed by atoms with Crippen molar-refractivity contribution in [1.29, 1.82) is 0 Å². The number of benzene rings is 2. The van der Waals surface area contributed by atoms with Crippen LogP contribution >= 0.6 is 11.3 Å². The molecule has 1 N–H and O–H groups in total. The number of aromatic nitrogens is 1. The first kappa shape index (κ1) is 17.9. The number of carbonyl (C=O) groups excluding carboxylic acids is 1. The van der Waals surface area contributed by atoms with Crippen LogP contribution in [0.3, 0.4) is 0 Å². The molecule has 2 heterocycles. The van der Waals surface area contributed by atoms with Gasteiger partial charge in [-0.1, -0.05) is 29.5 Å². The number of para-hydroxylation sites is 1. The Morgan fingerprint density at radius 1 is 1.21 bits per heavy atom. The molecule has 0 saturated carbocycles. The number of hydrogen-bond acceptors (Lipinski definition) is 6. The molecule has 0 spiro atoms. The molecule has 0 atom stereocenters. The Kier molecular flexibility index (Phi) is 4.67. The molecule has 7 heteroatoms. The third-order valence-corrected chi connectivity index (χ3v) is 5.45. The minimum atomic E-state index is -0.390. The number of fused-ring (bicyclic) bond motifs is 1. The number of methoxy groups -OCH3 is 1. The van der Waals surface area contributed by atoms with Gasteiger partial charge in [0.25, 0.3) is 0 Å². The van der Waals surface area contributed by atoms with Crippen molar-refractivity contribution in [1.82, 2.24) is 4.57 Å². The quantitative estimate of drug-likeness (QED) is 0.684. The monoisotopic (exact) mass is 391 g/mol. The van der Waals surface area contributed by atoms with Crippen LogP contribution in [0.1, 0.15) is 20.8 Å². The zero-order valence-corrected chi connectivity index (χ0v) is 16.1. The van der Waals surface area contributed by atoms with E-state index >= 15 is 0 Å². The second-order valence-electron chi connectivity index (χ2n) is 6.16. The van der Waals surface area contributed by atoms with Gasteiger partial charge in [-0.25, -0.2) is 9.79 Å². The van der Waals surface area contributed by atoms with Crippen molar-refractivity contribution in [2.24, 2.45) is 17.0 Å². The molecule has 4 rings (SSSR count). The van der Waals surface area contributed by atoms with E-state index in [2.05, 4.69) is 9.98 Å². The van der Waals surface area contributed by atoms with E-state index in [-0.39, 0.29) is 5.88 Å². The van der Waals surface area contributed by atoms with Crippen molar-refractivity contribution in [2.45, 2.75) is 0 Å². The molecule has 2 aromatic carbocycles. The minimum absolute atomic E-state index is 0.139. The van der Waals surface area contributed by atoms with Crippen molar-refractivity contribution in [2.75, 3.05) is 7.11 Å². The van der Waals surface area contributed by atoms with Crippen LogP contribution in [0.15, 0.2) is 58.5 Å². The number of aliphatic imine (C=N–C) groups is 1. The molecule has 0 unspecified atom stereocenters. The molecule has 3 aromatic rings. The van der Waals surface area contributed by atoms with Gasteiger partial charge in [0, 0.05) is 24.4 Å². The zero-order valence-electron chi connectivity index (χ0n) is 15.3. The van der Waals surface area contributed by atoms with Crippen LogP contribution in [0, 0.1) is 0 Å². The summed E-state index contributed by atoms with van der Waals surface area (Å²) in [5.41, 5.74) is 4.04. The Hall–Kier alpha value is -3.45. The first-order valence-corrected chi connectivity index (χ1v) is 9.35. The maximum atomic E-state index is 11.5. The number of carbonyl (C=O) groups is 1. The predicted octanol–water partition coefficient (Wildman–Crippen LogP) is 4.07. The summed E-state index contributed by atoms with van der Waals surface area (Å²) in [6.07, 6.45) is 3.71. The number of allylic oxidation sites excluding steroid dienone is 1. The van der Waals surface area contributed by atoms with Crippen LogP contribution in [-0.4, -0.2) is 29.0 Å². The van der Waals surface area contributed by atoms with Crippen LogP contribution in [0.5, 0.6) is 5.88 Å². The molecule has 0 saturated heterocycles. The Bertz CT molecular complexity index is 1180. The number of esters is 1. The van der Waals surface area contributed by atoms with Gasteiger partial charge in [0.15, 0.2) is 4.80 Å². The lowest BCUT2D eigenvalue weighted by Gasteiger charge is -1.99. The smallest absolute Gasteiger partial charge is 0.337 e. The molecular weight excluding hydrogens is 374 g/mol. The molecule has 0 radical (unpaired) electrons. The summed E-state index contributed by atoms with van der Waals surface area (Å²) in [6, 6.07) is 14.7. The summed E-state index contributed by atoms with van der Waals surface area (Å²) in [4.78, 5) is 21.8. The van der Waals surface area contributed by atoms with Crippen LogP contribution in [0.4, 0.5) is 11.4 Å². The molecule has 1 aliphatic heterocycles. The molecule has 0 bridgehead atoms. The first-order chi connectivity index (χ1) is 13.6. The number of ether oxygens (including phenoxy) is 1. The van der Waals surface area contributed by atoms with Gasteiger partial charge in [-0.2, -0.15) is 0 Å². The summed E-state index contributed by atoms with van der Waals surface area (Å²) in [5, 5.41) is 10.5. The van der Waals surface area contributed by atoms with Gasteiger partial charge in [-0.3, -0.25) is 9.56 Å². The molecule has 0 fully saturated rings. The summed E-state index contributed by atoms with van der Waals surface area (Å²) in [7, 11) is 3.10. The molecule has 28 heavy (non-hydrogen) atoms. The Morgan fingerprint density at radius 3 is 2.71 bits per heavy atom. The normalized spacial score (nSPS) is 14.5. The standard InChI is InChI=1S/C21H17N3O3S/c1-24-19(25)18(11-14-12-22-17-6-4-3-5-16(14)17)28-21(24)23-15-9-7-13(8-10-15)20(26)27-2/h3-12,25H,1-2H3/b14-11+,23-21?. The van der Waals surface area contributed by atoms with E-state index in [0.29, 0.717) is 20.9 Å². The summed E-state index contributed by atoms with van der Waals surface area (Å²) in [5.74, 6) is -0.251. The fraction of sp³-hybridized carbons (Fsp3) is 0.0952. The van der Waals surface area contributed by atoms with Crippen molar-refractivity contribution < 1.29 is 14.6 Å². The molecule has 0 amide bonds. The van der Waals surface area contributed by atoms with E-state index in [1.807, 2.05) is 30.3 Å². The van der Waals surface area contributed by atoms with Crippen molar-refractivity contribution in [3.05, 3.63) is 69.3 Å². The fourth-order valence-electron chi connectivity index (χ4n) is 2.86. The number of nitrogens with zero attached hydrogens (tertiary/aromatic N) is 3. The number of aromatic hydroxyl groups is 1. The second-order valence-corrected chi connectivity index (χ2v) is 7.17. The van der Waals surface area contributed by atoms with Gasteiger partial charge in [-0.15, -0.1) is 0 Å². The van der Waals surface area contributed by atoms with E-state index in [4.69, 9.17) is 4.74 Å². The summed E-state index contributed by atoms with van der Waals surface area (Å²) in [6.45, 7) is 0. The summed E-state index contributed by atoms with van der Waals surface area (Å²) >= 11 is 1.37. The van der Waals surface area contributed by atoms with Gasteiger partial charge in [0.1, 0.15) is 0 Å². The highest BCUT2D eigenvalue weighted by Gasteiger charge is 2.14. The van der Waals surface area contributed by atoms with Crippen molar-refractivity contribution >= 4 is 46.5 Å². The van der Waals surface area contributed by atoms with Gasteiger partial charge < -0.3 is 9.84 Å². The average Bonchev–Trinajstić information content (AvgIpc) is 3.25. The van der Waals surface area contributed by atoms with Crippen molar-refractivity contribution in [3.8, 4) is 5.88 Å². The SMILES string of the molecule is COC(=O)c1ccc(N=c2sc(/C=C3\C=Nc4ccccc43)c(O)n2C)cc1. The number of rotatable bonds is 3. The second kappa shape index (κ2) is 7.28. The van der Waals surface area contributed by atoms with E-state index in [1.54, 1.807) is 42.1 Å². The highest BCUT2D eigenvalue weighted by Crippen LogP contribution is 2.34. The van der Waals surface area contributed by atoms with Crippen LogP contribution in [0.25, 0.3) is 11.6 Å². The molecular formula is C21H17N3O3S. The van der Waals surface area contributed by atoms with E-state index < -0.39 is 5.97 Å². The third-order valence-electron chi connectivity index (χ3n) is 4.38. The Morgan fingerprint density at radius 2 is 1.96 bits per heavy atom. The van der Waals surface area contributed by atoms with Gasteiger partial charge >= 0.3 is 5.97 Å². The minimum Gasteiger partial charge on any atom is -0.493 e. The molecule has 1 aromatic heterocycles. The van der Waals surface area contributed by atoms with E-state index in [0.717, 1.165) is 16.8 Å². The molecule has 1 aliphatic rings. The molecule has 0 aliphatic carbocycles.